The summed E-state index contributed by atoms with van der Waals surface area (Å²) in [6.07, 6.45) is 3.29. The van der Waals surface area contributed by atoms with Gasteiger partial charge in [0.05, 0.1) is 6.54 Å². The van der Waals surface area contributed by atoms with Crippen LogP contribution in [0.3, 0.4) is 0 Å². The van der Waals surface area contributed by atoms with Crippen molar-refractivity contribution < 1.29 is 4.79 Å². The molecule has 0 saturated heterocycles. The normalized spacial score (nSPS) is 10.8. The van der Waals surface area contributed by atoms with Crippen LogP contribution in [0.25, 0.3) is 6.08 Å². The third-order valence-corrected chi connectivity index (χ3v) is 3.66. The van der Waals surface area contributed by atoms with Gasteiger partial charge in [0.1, 0.15) is 0 Å². The fraction of sp³-hybridized carbons (Fsp3) is 0.333. The van der Waals surface area contributed by atoms with Crippen molar-refractivity contribution >= 4 is 35.2 Å². The van der Waals surface area contributed by atoms with Crippen molar-refractivity contribution in [3.05, 3.63) is 34.3 Å². The molecular formula is C15H20N6OS. The molecule has 0 unspecified atom stereocenters. The molecule has 122 valence electrons. The number of carbonyl (C=O) groups is 1. The second-order valence-corrected chi connectivity index (χ2v) is 6.19. The van der Waals surface area contributed by atoms with Crippen molar-refractivity contribution in [3.63, 3.8) is 0 Å². The zero-order chi connectivity index (χ0) is 16.8. The number of nitrogens with zero attached hydrogens (tertiary/aromatic N) is 5. The summed E-state index contributed by atoms with van der Waals surface area (Å²) < 4.78 is 0. The van der Waals surface area contributed by atoms with Crippen molar-refractivity contribution in [2.75, 3.05) is 38.0 Å². The Morgan fingerprint density at radius 1 is 1.17 bits per heavy atom. The Balaban J connectivity index is 2.03. The van der Waals surface area contributed by atoms with E-state index in [1.165, 1.54) is 6.08 Å². The number of nitrogens with one attached hydrogen (secondary N) is 1. The van der Waals surface area contributed by atoms with Crippen LogP contribution >= 0.6 is 11.3 Å². The highest BCUT2D eigenvalue weighted by Crippen LogP contribution is 2.11. The molecule has 2 rings (SSSR count). The highest BCUT2D eigenvalue weighted by Gasteiger charge is 2.10. The van der Waals surface area contributed by atoms with Crippen molar-refractivity contribution in [2.24, 2.45) is 0 Å². The summed E-state index contributed by atoms with van der Waals surface area (Å²) in [5.74, 6) is 1.45. The van der Waals surface area contributed by atoms with Gasteiger partial charge in [-0.15, -0.1) is 11.3 Å². The summed E-state index contributed by atoms with van der Waals surface area (Å²) in [4.78, 5) is 29.5. The molecule has 1 amide bonds. The molecule has 7 nitrogen and oxygen atoms in total. The minimum atomic E-state index is -0.184. The van der Waals surface area contributed by atoms with Crippen LogP contribution in [0.1, 0.15) is 10.7 Å². The molecule has 0 bridgehead atoms. The monoisotopic (exact) mass is 332 g/mol. The number of anilines is 2. The molecule has 0 aliphatic carbocycles. The first-order valence-corrected chi connectivity index (χ1v) is 7.92. The Hall–Kier alpha value is -2.48. The molecule has 23 heavy (non-hydrogen) atoms. The van der Waals surface area contributed by atoms with E-state index in [0.717, 1.165) is 4.88 Å². The van der Waals surface area contributed by atoms with E-state index in [1.807, 2.05) is 45.7 Å². The molecule has 0 atom stereocenters. The van der Waals surface area contributed by atoms with E-state index in [0.29, 0.717) is 17.7 Å². The van der Waals surface area contributed by atoms with E-state index in [9.17, 15) is 4.79 Å². The van der Waals surface area contributed by atoms with Gasteiger partial charge in [-0.25, -0.2) is 0 Å². The standard InChI is InChI=1S/C15H20N6OS/c1-20(2)14-17-12(18-15(19-14)21(3)4)10-16-13(22)8-7-11-6-5-9-23-11/h5-9H,10H2,1-4H3,(H,16,22)/b8-7+. The van der Waals surface area contributed by atoms with E-state index < -0.39 is 0 Å². The van der Waals surface area contributed by atoms with Crippen LogP contribution in [0.5, 0.6) is 0 Å². The molecular weight excluding hydrogens is 312 g/mol. The molecule has 2 aromatic rings. The van der Waals surface area contributed by atoms with Crippen molar-refractivity contribution in [1.29, 1.82) is 0 Å². The maximum Gasteiger partial charge on any atom is 0.244 e. The highest BCUT2D eigenvalue weighted by atomic mass is 32.1. The zero-order valence-electron chi connectivity index (χ0n) is 13.6. The van der Waals surface area contributed by atoms with Crippen LogP contribution in [0, 0.1) is 0 Å². The van der Waals surface area contributed by atoms with Gasteiger partial charge in [-0.1, -0.05) is 6.07 Å². The summed E-state index contributed by atoms with van der Waals surface area (Å²) in [6, 6.07) is 3.89. The smallest absolute Gasteiger partial charge is 0.244 e. The summed E-state index contributed by atoms with van der Waals surface area (Å²) in [7, 11) is 7.45. The predicted octanol–water partition coefficient (Wildman–Crippen LogP) is 1.39. The van der Waals surface area contributed by atoms with Gasteiger partial charge in [-0.3, -0.25) is 4.79 Å². The van der Waals surface area contributed by atoms with E-state index >= 15 is 0 Å². The SMILES string of the molecule is CN(C)c1nc(CNC(=O)/C=C/c2cccs2)nc(N(C)C)n1. The fourth-order valence-corrected chi connectivity index (χ4v) is 2.26. The number of aromatic nitrogens is 3. The van der Waals surface area contributed by atoms with Gasteiger partial charge < -0.3 is 15.1 Å². The van der Waals surface area contributed by atoms with E-state index in [2.05, 4.69) is 20.3 Å². The second kappa shape index (κ2) is 7.68. The molecule has 2 heterocycles. The van der Waals surface area contributed by atoms with E-state index in [-0.39, 0.29) is 12.5 Å². The Morgan fingerprint density at radius 3 is 2.35 bits per heavy atom. The predicted molar refractivity (Wildman–Crippen MR) is 93.7 cm³/mol. The lowest BCUT2D eigenvalue weighted by Crippen LogP contribution is -2.25. The number of rotatable bonds is 6. The van der Waals surface area contributed by atoms with Crippen LogP contribution < -0.4 is 15.1 Å². The quantitative estimate of drug-likeness (QED) is 0.806. The molecule has 0 spiro atoms. The molecule has 8 heteroatoms. The zero-order valence-corrected chi connectivity index (χ0v) is 14.5. The lowest BCUT2D eigenvalue weighted by atomic mass is 10.4. The van der Waals surface area contributed by atoms with E-state index in [4.69, 9.17) is 0 Å². The topological polar surface area (TPSA) is 74.2 Å². The maximum absolute atomic E-state index is 11.9. The number of carbonyl (C=O) groups excluding carboxylic acids is 1. The van der Waals surface area contributed by atoms with Crippen molar-refractivity contribution in [2.45, 2.75) is 6.54 Å². The first kappa shape index (κ1) is 16.9. The summed E-state index contributed by atoms with van der Waals surface area (Å²) in [6.45, 7) is 0.248. The van der Waals surface area contributed by atoms with Gasteiger partial charge in [0.2, 0.25) is 17.8 Å². The van der Waals surface area contributed by atoms with Crippen LogP contribution in [-0.2, 0) is 11.3 Å². The number of hydrogen-bond donors (Lipinski definition) is 1. The lowest BCUT2D eigenvalue weighted by Gasteiger charge is -2.16. The third kappa shape index (κ3) is 5.03. The molecule has 0 aromatic carbocycles. The summed E-state index contributed by atoms with van der Waals surface area (Å²) in [5.41, 5.74) is 0. The van der Waals surface area contributed by atoms with Crippen LogP contribution in [0.2, 0.25) is 0 Å². The molecule has 0 aliphatic rings. The minimum Gasteiger partial charge on any atom is -0.347 e. The summed E-state index contributed by atoms with van der Waals surface area (Å²) in [5, 5.41) is 4.75. The van der Waals surface area contributed by atoms with Gasteiger partial charge in [-0.05, 0) is 17.5 Å². The van der Waals surface area contributed by atoms with Gasteiger partial charge in [-0.2, -0.15) is 15.0 Å². The third-order valence-electron chi connectivity index (χ3n) is 2.82. The molecule has 1 N–H and O–H groups in total. The summed E-state index contributed by atoms with van der Waals surface area (Å²) >= 11 is 1.58. The number of thiophene rings is 1. The van der Waals surface area contributed by atoms with Gasteiger partial charge in [0.15, 0.2) is 5.82 Å². The number of amides is 1. The Bertz CT molecular complexity index is 655. The molecule has 0 radical (unpaired) electrons. The van der Waals surface area contributed by atoms with Crippen LogP contribution in [-0.4, -0.2) is 49.0 Å². The molecule has 2 aromatic heterocycles. The largest absolute Gasteiger partial charge is 0.347 e. The Labute approximate surface area is 139 Å². The first-order valence-electron chi connectivity index (χ1n) is 7.04. The van der Waals surface area contributed by atoms with Gasteiger partial charge in [0, 0.05) is 39.1 Å². The molecule has 0 aliphatic heterocycles. The maximum atomic E-state index is 11.9. The number of hydrogen-bond acceptors (Lipinski definition) is 7. The fourth-order valence-electron chi connectivity index (χ4n) is 1.64. The second-order valence-electron chi connectivity index (χ2n) is 5.21. The average Bonchev–Trinajstić information content (AvgIpc) is 3.04. The van der Waals surface area contributed by atoms with Gasteiger partial charge in [0.25, 0.3) is 0 Å². The Kier molecular flexibility index (Phi) is 5.64. The van der Waals surface area contributed by atoms with Gasteiger partial charge >= 0.3 is 0 Å². The average molecular weight is 332 g/mol. The first-order chi connectivity index (χ1) is 11.0. The minimum absolute atomic E-state index is 0.184. The van der Waals surface area contributed by atoms with Crippen molar-refractivity contribution in [1.82, 2.24) is 20.3 Å². The van der Waals surface area contributed by atoms with Crippen molar-refractivity contribution in [3.8, 4) is 0 Å². The van der Waals surface area contributed by atoms with Crippen LogP contribution in [0.4, 0.5) is 11.9 Å². The van der Waals surface area contributed by atoms with E-state index in [1.54, 1.807) is 27.2 Å². The Morgan fingerprint density at radius 2 is 1.83 bits per heavy atom. The molecule has 0 saturated carbocycles. The highest BCUT2D eigenvalue weighted by molar-refractivity contribution is 7.10. The van der Waals surface area contributed by atoms with Crippen LogP contribution in [0.15, 0.2) is 23.6 Å². The molecule has 0 fully saturated rings. The lowest BCUT2D eigenvalue weighted by molar-refractivity contribution is -0.116.